The van der Waals surface area contributed by atoms with E-state index < -0.39 is 5.97 Å². The minimum Gasteiger partial charge on any atom is -0.478 e. The second kappa shape index (κ2) is 8.60. The van der Waals surface area contributed by atoms with Crippen molar-refractivity contribution >= 4 is 29.2 Å². The Kier molecular flexibility index (Phi) is 6.18. The fraction of sp³-hybridized carbons (Fsp3) is 0.550. The van der Waals surface area contributed by atoms with Crippen LogP contribution in [0.4, 0.5) is 11.4 Å². The van der Waals surface area contributed by atoms with Gasteiger partial charge in [-0.1, -0.05) is 6.42 Å². The van der Waals surface area contributed by atoms with E-state index in [0.29, 0.717) is 25.3 Å². The highest BCUT2D eigenvalue weighted by atomic mass is 16.4. The van der Waals surface area contributed by atoms with Crippen LogP contribution in [-0.2, 0) is 9.59 Å². The summed E-state index contributed by atoms with van der Waals surface area (Å²) >= 11 is 0. The summed E-state index contributed by atoms with van der Waals surface area (Å²) in [6.07, 6.45) is 2.79. The predicted octanol–water partition coefficient (Wildman–Crippen LogP) is 1.33. The fourth-order valence-corrected chi connectivity index (χ4v) is 3.42. The summed E-state index contributed by atoms with van der Waals surface area (Å²) in [7, 11) is 3.49. The van der Waals surface area contributed by atoms with E-state index in [1.807, 2.05) is 6.07 Å². The molecule has 0 atom stereocenters. The Bertz CT molecular complexity index is 753. The largest absolute Gasteiger partial charge is 0.478 e. The number of rotatable bonds is 6. The van der Waals surface area contributed by atoms with Gasteiger partial charge in [-0.15, -0.1) is 0 Å². The number of carbonyl (C=O) groups excluding carboxylic acids is 2. The summed E-state index contributed by atoms with van der Waals surface area (Å²) in [5.74, 6) is -1.07. The number of benzene rings is 1. The first-order chi connectivity index (χ1) is 13.3. The number of likely N-dealkylation sites (N-methyl/N-ethyl adjacent to an activating group) is 1. The number of piperazine rings is 1. The van der Waals surface area contributed by atoms with Crippen LogP contribution in [0.25, 0.3) is 0 Å². The number of hydrogen-bond donors (Lipinski definition) is 2. The lowest BCUT2D eigenvalue weighted by Crippen LogP contribution is -2.49. The third-order valence-corrected chi connectivity index (χ3v) is 5.56. The lowest BCUT2D eigenvalue weighted by atomic mass is 9.85. The van der Waals surface area contributed by atoms with Crippen molar-refractivity contribution in [2.45, 2.75) is 19.3 Å². The first-order valence-corrected chi connectivity index (χ1v) is 9.71. The molecule has 1 aliphatic heterocycles. The van der Waals surface area contributed by atoms with Crippen molar-refractivity contribution in [3.8, 4) is 0 Å². The van der Waals surface area contributed by atoms with Crippen molar-refractivity contribution in [3.05, 3.63) is 23.8 Å². The Labute approximate surface area is 165 Å². The van der Waals surface area contributed by atoms with Crippen molar-refractivity contribution in [3.63, 3.8) is 0 Å². The molecule has 1 heterocycles. The van der Waals surface area contributed by atoms with E-state index in [-0.39, 0.29) is 23.3 Å². The summed E-state index contributed by atoms with van der Waals surface area (Å²) in [6, 6.07) is 5.15. The maximum absolute atomic E-state index is 12.2. The van der Waals surface area contributed by atoms with Gasteiger partial charge >= 0.3 is 5.97 Å². The van der Waals surface area contributed by atoms with Gasteiger partial charge in [0.1, 0.15) is 0 Å². The topological polar surface area (TPSA) is 93.2 Å². The Hall–Kier alpha value is -2.61. The standard InChI is InChI=1S/C20H28N4O4/c1-22(2)18(25)13-23-8-10-24(11-9-23)15-6-7-17(16(12-15)20(27)28)21-19(26)14-4-3-5-14/h6-7,12,14H,3-5,8-11,13H2,1-2H3,(H,21,26)(H,27,28). The van der Waals surface area contributed by atoms with E-state index in [1.54, 1.807) is 31.1 Å². The summed E-state index contributed by atoms with van der Waals surface area (Å²) in [6.45, 7) is 3.30. The zero-order valence-corrected chi connectivity index (χ0v) is 16.5. The third-order valence-electron chi connectivity index (χ3n) is 5.56. The Morgan fingerprint density at radius 1 is 1.14 bits per heavy atom. The fourth-order valence-electron chi connectivity index (χ4n) is 3.42. The summed E-state index contributed by atoms with van der Waals surface area (Å²) in [4.78, 5) is 41.5. The molecule has 0 spiro atoms. The number of amides is 2. The SMILES string of the molecule is CN(C)C(=O)CN1CCN(c2ccc(NC(=O)C3CCC3)c(C(=O)O)c2)CC1. The second-order valence-corrected chi connectivity index (χ2v) is 7.70. The average Bonchev–Trinajstić information content (AvgIpc) is 2.61. The summed E-state index contributed by atoms with van der Waals surface area (Å²) in [5, 5.41) is 12.4. The van der Waals surface area contributed by atoms with Gasteiger partial charge < -0.3 is 20.2 Å². The first-order valence-electron chi connectivity index (χ1n) is 9.71. The molecule has 0 radical (unpaired) electrons. The molecule has 28 heavy (non-hydrogen) atoms. The van der Waals surface area contributed by atoms with Gasteiger partial charge in [0.05, 0.1) is 17.8 Å². The zero-order chi connectivity index (χ0) is 20.3. The van der Waals surface area contributed by atoms with E-state index in [2.05, 4.69) is 15.1 Å². The minimum absolute atomic E-state index is 0.000671. The van der Waals surface area contributed by atoms with Crippen LogP contribution in [0.5, 0.6) is 0 Å². The highest BCUT2D eigenvalue weighted by Crippen LogP contribution is 2.29. The molecule has 8 nitrogen and oxygen atoms in total. The van der Waals surface area contributed by atoms with Crippen LogP contribution < -0.4 is 10.2 Å². The van der Waals surface area contributed by atoms with Crippen LogP contribution in [0.15, 0.2) is 18.2 Å². The third kappa shape index (κ3) is 4.62. The lowest BCUT2D eigenvalue weighted by molar-refractivity contribution is -0.130. The molecule has 2 aliphatic rings. The molecule has 1 aliphatic carbocycles. The van der Waals surface area contributed by atoms with E-state index in [4.69, 9.17) is 0 Å². The maximum atomic E-state index is 12.2. The van der Waals surface area contributed by atoms with E-state index in [1.165, 1.54) is 0 Å². The monoisotopic (exact) mass is 388 g/mol. The molecule has 1 aromatic rings. The number of nitrogens with one attached hydrogen (secondary N) is 1. The van der Waals surface area contributed by atoms with Gasteiger partial charge in [-0.2, -0.15) is 0 Å². The highest BCUT2D eigenvalue weighted by molar-refractivity contribution is 6.02. The van der Waals surface area contributed by atoms with Gasteiger partial charge in [-0.25, -0.2) is 4.79 Å². The molecular formula is C20H28N4O4. The molecule has 152 valence electrons. The number of nitrogens with zero attached hydrogens (tertiary/aromatic N) is 3. The van der Waals surface area contributed by atoms with Gasteiger partial charge in [0.15, 0.2) is 0 Å². The van der Waals surface area contributed by atoms with Crippen LogP contribution in [0.3, 0.4) is 0 Å². The number of carboxylic acid groups (broad SMARTS) is 1. The molecule has 0 unspecified atom stereocenters. The Morgan fingerprint density at radius 3 is 2.36 bits per heavy atom. The van der Waals surface area contributed by atoms with Crippen LogP contribution >= 0.6 is 0 Å². The van der Waals surface area contributed by atoms with Gasteiger partial charge in [-0.3, -0.25) is 14.5 Å². The van der Waals surface area contributed by atoms with Gasteiger partial charge in [0, 0.05) is 51.9 Å². The van der Waals surface area contributed by atoms with Crippen molar-refractivity contribution in [2.75, 3.05) is 57.0 Å². The number of anilines is 2. The smallest absolute Gasteiger partial charge is 0.337 e. The lowest BCUT2D eigenvalue weighted by Gasteiger charge is -2.36. The van der Waals surface area contributed by atoms with Crippen LogP contribution in [-0.4, -0.2) is 79.5 Å². The van der Waals surface area contributed by atoms with E-state index >= 15 is 0 Å². The Balaban J connectivity index is 1.64. The summed E-state index contributed by atoms with van der Waals surface area (Å²) in [5.41, 5.74) is 1.27. The highest BCUT2D eigenvalue weighted by Gasteiger charge is 2.27. The number of aromatic carboxylic acids is 1. The van der Waals surface area contributed by atoms with Gasteiger partial charge in [0.25, 0.3) is 0 Å². The van der Waals surface area contributed by atoms with E-state index in [9.17, 15) is 19.5 Å². The molecule has 1 saturated heterocycles. The molecule has 0 bridgehead atoms. The summed E-state index contributed by atoms with van der Waals surface area (Å²) < 4.78 is 0. The molecule has 1 saturated carbocycles. The molecule has 1 aromatic carbocycles. The number of hydrogen-bond acceptors (Lipinski definition) is 5. The van der Waals surface area contributed by atoms with Gasteiger partial charge in [-0.05, 0) is 31.0 Å². The normalized spacial score (nSPS) is 17.7. The molecular weight excluding hydrogens is 360 g/mol. The van der Waals surface area contributed by atoms with Crippen LogP contribution in [0, 0.1) is 5.92 Å². The first kappa shape index (κ1) is 20.1. The second-order valence-electron chi connectivity index (χ2n) is 7.70. The van der Waals surface area contributed by atoms with Crippen LogP contribution in [0.2, 0.25) is 0 Å². The molecule has 2 N–H and O–H groups in total. The van der Waals surface area contributed by atoms with Gasteiger partial charge in [0.2, 0.25) is 11.8 Å². The van der Waals surface area contributed by atoms with E-state index in [0.717, 1.165) is 38.0 Å². The average molecular weight is 388 g/mol. The van der Waals surface area contributed by atoms with Crippen LogP contribution in [0.1, 0.15) is 29.6 Å². The zero-order valence-electron chi connectivity index (χ0n) is 16.5. The predicted molar refractivity (Wildman–Crippen MR) is 107 cm³/mol. The molecule has 3 rings (SSSR count). The molecule has 2 fully saturated rings. The van der Waals surface area contributed by atoms with Crippen molar-refractivity contribution in [1.29, 1.82) is 0 Å². The molecule has 2 amide bonds. The van der Waals surface area contributed by atoms with Crippen molar-refractivity contribution in [2.24, 2.45) is 5.92 Å². The van der Waals surface area contributed by atoms with Crippen molar-refractivity contribution < 1.29 is 19.5 Å². The minimum atomic E-state index is -1.05. The quantitative estimate of drug-likeness (QED) is 0.764. The molecule has 0 aromatic heterocycles. The van der Waals surface area contributed by atoms with Crippen molar-refractivity contribution in [1.82, 2.24) is 9.80 Å². The number of carbonyl (C=O) groups is 3. The Morgan fingerprint density at radius 2 is 1.82 bits per heavy atom. The molecule has 8 heteroatoms. The maximum Gasteiger partial charge on any atom is 0.337 e. The number of carboxylic acids is 1.